The highest BCUT2D eigenvalue weighted by Gasteiger charge is 2.49. The number of ether oxygens (including phenoxy) is 1. The predicted octanol–water partition coefficient (Wildman–Crippen LogP) is 2.38. The monoisotopic (exact) mass is 334 g/mol. The lowest BCUT2D eigenvalue weighted by Crippen LogP contribution is -2.61. The summed E-state index contributed by atoms with van der Waals surface area (Å²) in [5.41, 5.74) is 1.20. The molecule has 23 heavy (non-hydrogen) atoms. The normalized spacial score (nSPS) is 34.1. The zero-order valence-electron chi connectivity index (χ0n) is 13.5. The average molecular weight is 335 g/mol. The smallest absolute Gasteiger partial charge is 0.226 e. The summed E-state index contributed by atoms with van der Waals surface area (Å²) in [5, 5.41) is 0.751. The zero-order chi connectivity index (χ0) is 16.0. The number of piperidine rings is 1. The number of halogens is 1. The quantitative estimate of drug-likeness (QED) is 0.832. The Morgan fingerprint density at radius 3 is 3.04 bits per heavy atom. The first kappa shape index (κ1) is 15.4. The minimum atomic E-state index is 0.124. The van der Waals surface area contributed by atoms with Crippen molar-refractivity contribution in [1.29, 1.82) is 0 Å². The zero-order valence-corrected chi connectivity index (χ0v) is 14.2. The third-order valence-corrected chi connectivity index (χ3v) is 5.69. The van der Waals surface area contributed by atoms with Gasteiger partial charge in [0.05, 0.1) is 18.8 Å². The first-order valence-corrected chi connectivity index (χ1v) is 8.87. The van der Waals surface area contributed by atoms with Crippen molar-refractivity contribution >= 4 is 17.5 Å². The van der Waals surface area contributed by atoms with Crippen LogP contribution in [0.3, 0.4) is 0 Å². The molecule has 2 heterocycles. The van der Waals surface area contributed by atoms with Crippen molar-refractivity contribution in [2.24, 2.45) is 5.92 Å². The van der Waals surface area contributed by atoms with Gasteiger partial charge in [-0.25, -0.2) is 0 Å². The molecule has 2 saturated heterocycles. The third kappa shape index (κ3) is 3.00. The van der Waals surface area contributed by atoms with Crippen molar-refractivity contribution in [3.63, 3.8) is 0 Å². The number of rotatable bonds is 2. The number of amides is 1. The Balaban J connectivity index is 1.47. The molecule has 3 aliphatic rings. The van der Waals surface area contributed by atoms with Gasteiger partial charge in [-0.1, -0.05) is 23.7 Å². The van der Waals surface area contributed by atoms with Crippen LogP contribution in [0.1, 0.15) is 24.3 Å². The van der Waals surface area contributed by atoms with E-state index in [9.17, 15) is 4.79 Å². The first-order valence-electron chi connectivity index (χ1n) is 8.49. The highest BCUT2D eigenvalue weighted by molar-refractivity contribution is 6.30. The van der Waals surface area contributed by atoms with E-state index < -0.39 is 0 Å². The van der Waals surface area contributed by atoms with Crippen LogP contribution in [0.2, 0.25) is 5.02 Å². The average Bonchev–Trinajstić information content (AvgIpc) is 3.34. The summed E-state index contributed by atoms with van der Waals surface area (Å²) in [6.07, 6.45) is 2.18. The van der Waals surface area contributed by atoms with E-state index in [-0.39, 0.29) is 18.1 Å². The number of carbonyl (C=O) groups is 1. The molecule has 0 N–H and O–H groups in total. The van der Waals surface area contributed by atoms with Crippen molar-refractivity contribution < 1.29 is 9.53 Å². The molecule has 0 aromatic heterocycles. The maximum absolute atomic E-state index is 13.0. The lowest BCUT2D eigenvalue weighted by Gasteiger charge is -2.46. The second kappa shape index (κ2) is 6.08. The van der Waals surface area contributed by atoms with Crippen molar-refractivity contribution in [2.75, 3.05) is 33.3 Å². The molecule has 4 nitrogen and oxygen atoms in total. The second-order valence-corrected chi connectivity index (χ2v) is 7.50. The van der Waals surface area contributed by atoms with Crippen LogP contribution < -0.4 is 0 Å². The van der Waals surface area contributed by atoms with Crippen LogP contribution in [0.25, 0.3) is 0 Å². The van der Waals surface area contributed by atoms with Gasteiger partial charge in [0.2, 0.25) is 5.91 Å². The van der Waals surface area contributed by atoms with Crippen LogP contribution >= 0.6 is 11.6 Å². The Labute approximate surface area is 142 Å². The number of hydrogen-bond acceptors (Lipinski definition) is 3. The van der Waals surface area contributed by atoms with Crippen molar-refractivity contribution in [3.8, 4) is 0 Å². The summed E-state index contributed by atoms with van der Waals surface area (Å²) in [6.45, 7) is 3.38. The first-order chi connectivity index (χ1) is 11.1. The van der Waals surface area contributed by atoms with E-state index in [1.54, 1.807) is 0 Å². The van der Waals surface area contributed by atoms with E-state index in [0.29, 0.717) is 18.4 Å². The number of morpholine rings is 1. The molecule has 1 aromatic rings. The van der Waals surface area contributed by atoms with Crippen molar-refractivity contribution in [2.45, 2.75) is 30.9 Å². The van der Waals surface area contributed by atoms with E-state index >= 15 is 0 Å². The van der Waals surface area contributed by atoms with Gasteiger partial charge in [0.15, 0.2) is 0 Å². The van der Waals surface area contributed by atoms with Gasteiger partial charge in [0.1, 0.15) is 0 Å². The molecule has 124 valence electrons. The lowest BCUT2D eigenvalue weighted by atomic mass is 9.98. The van der Waals surface area contributed by atoms with Gasteiger partial charge in [0, 0.05) is 30.6 Å². The minimum absolute atomic E-state index is 0.124. The summed E-state index contributed by atoms with van der Waals surface area (Å²) >= 11 is 6.08. The number of likely N-dealkylation sites (tertiary alicyclic amines) is 1. The summed E-state index contributed by atoms with van der Waals surface area (Å²) in [7, 11) is 2.12. The van der Waals surface area contributed by atoms with Gasteiger partial charge < -0.3 is 14.5 Å². The molecule has 4 rings (SSSR count). The molecule has 2 aliphatic heterocycles. The summed E-state index contributed by atoms with van der Waals surface area (Å²) in [5.74, 6) is 0.770. The topological polar surface area (TPSA) is 32.8 Å². The van der Waals surface area contributed by atoms with Crippen molar-refractivity contribution in [3.05, 3.63) is 34.9 Å². The third-order valence-electron chi connectivity index (χ3n) is 5.46. The van der Waals surface area contributed by atoms with Gasteiger partial charge in [-0.15, -0.1) is 0 Å². The van der Waals surface area contributed by atoms with E-state index in [1.165, 1.54) is 5.56 Å². The summed E-state index contributed by atoms with van der Waals surface area (Å²) in [6, 6.07) is 8.15. The fourth-order valence-corrected chi connectivity index (χ4v) is 4.29. The number of fused-ring (bicyclic) bond motifs is 1. The van der Waals surface area contributed by atoms with Gasteiger partial charge in [0.25, 0.3) is 0 Å². The van der Waals surface area contributed by atoms with Crippen LogP contribution in [0.15, 0.2) is 24.3 Å². The molecule has 1 aromatic carbocycles. The molecular weight excluding hydrogens is 312 g/mol. The number of benzene rings is 1. The van der Waals surface area contributed by atoms with Gasteiger partial charge in [-0.3, -0.25) is 4.79 Å². The Morgan fingerprint density at radius 2 is 2.22 bits per heavy atom. The van der Waals surface area contributed by atoms with Crippen LogP contribution in [-0.2, 0) is 9.53 Å². The molecular formula is C18H23ClN2O2. The highest BCUT2D eigenvalue weighted by Crippen LogP contribution is 2.49. The van der Waals surface area contributed by atoms with E-state index in [1.807, 2.05) is 18.2 Å². The van der Waals surface area contributed by atoms with E-state index in [2.05, 4.69) is 22.9 Å². The number of carbonyl (C=O) groups excluding carboxylic acids is 1. The Bertz CT molecular complexity index is 608. The van der Waals surface area contributed by atoms with E-state index in [0.717, 1.165) is 37.5 Å². The molecule has 4 atom stereocenters. The number of nitrogens with zero attached hydrogens (tertiary/aromatic N) is 2. The Hall–Kier alpha value is -1.10. The summed E-state index contributed by atoms with van der Waals surface area (Å²) in [4.78, 5) is 17.4. The van der Waals surface area contributed by atoms with E-state index in [4.69, 9.17) is 16.3 Å². The van der Waals surface area contributed by atoms with Gasteiger partial charge in [-0.05, 0) is 43.5 Å². The summed E-state index contributed by atoms with van der Waals surface area (Å²) < 4.78 is 5.90. The maximum Gasteiger partial charge on any atom is 0.226 e. The molecule has 0 spiro atoms. The molecule has 3 fully saturated rings. The maximum atomic E-state index is 13.0. The number of likely N-dealkylation sites (N-methyl/N-ethyl adjacent to an activating group) is 1. The molecule has 5 heteroatoms. The molecule has 0 bridgehead atoms. The van der Waals surface area contributed by atoms with Crippen molar-refractivity contribution in [1.82, 2.24) is 9.80 Å². The Morgan fingerprint density at radius 1 is 1.35 bits per heavy atom. The van der Waals surface area contributed by atoms with Crippen LogP contribution in [-0.4, -0.2) is 61.1 Å². The van der Waals surface area contributed by atoms with Crippen LogP contribution in [0.5, 0.6) is 0 Å². The highest BCUT2D eigenvalue weighted by atomic mass is 35.5. The van der Waals surface area contributed by atoms with Gasteiger partial charge >= 0.3 is 0 Å². The standard InChI is InChI=1S/C18H23ClN2O2/c1-20-6-5-17-16(11-20)21(7-8-23-17)18(22)15-10-14(15)12-3-2-4-13(19)9-12/h2-4,9,14-17H,5-8,10-11H2,1H3. The largest absolute Gasteiger partial charge is 0.374 e. The second-order valence-electron chi connectivity index (χ2n) is 7.06. The predicted molar refractivity (Wildman–Crippen MR) is 89.7 cm³/mol. The van der Waals surface area contributed by atoms with Crippen LogP contribution in [0.4, 0.5) is 0 Å². The molecule has 4 unspecified atom stereocenters. The molecule has 1 saturated carbocycles. The molecule has 1 aliphatic carbocycles. The van der Waals surface area contributed by atoms with Gasteiger partial charge in [-0.2, -0.15) is 0 Å². The van der Waals surface area contributed by atoms with Crippen LogP contribution in [0, 0.1) is 5.92 Å². The minimum Gasteiger partial charge on any atom is -0.374 e. The fourth-order valence-electron chi connectivity index (χ4n) is 4.09. The SMILES string of the molecule is CN1CCC2OCCN(C(=O)C3CC3c3cccc(Cl)c3)C2C1. The fraction of sp³-hybridized carbons (Fsp3) is 0.611. The molecule has 0 radical (unpaired) electrons. The molecule has 1 amide bonds. The number of hydrogen-bond donors (Lipinski definition) is 0. The Kier molecular flexibility index (Phi) is 4.08. The lowest BCUT2D eigenvalue weighted by molar-refractivity contribution is -0.153.